The minimum atomic E-state index is -3.81. The number of nitrogen functional groups attached to an aromatic ring is 1. The number of hydrogen-bond acceptors (Lipinski definition) is 4. The molecule has 1 aromatic heterocycles. The Labute approximate surface area is 144 Å². The topological polar surface area (TPSA) is 85.1 Å². The maximum absolute atomic E-state index is 12.5. The van der Waals surface area contributed by atoms with Crippen LogP contribution in [0.15, 0.2) is 38.1 Å². The zero-order chi connectivity index (χ0) is 15.8. The third-order valence-corrected chi connectivity index (χ3v) is 6.04. The lowest BCUT2D eigenvalue weighted by Gasteiger charge is -2.13. The molecule has 0 saturated carbocycles. The van der Waals surface area contributed by atoms with E-state index in [9.17, 15) is 8.42 Å². The van der Waals surface area contributed by atoms with Crippen molar-refractivity contribution < 1.29 is 8.42 Å². The molecule has 0 bridgehead atoms. The van der Waals surface area contributed by atoms with E-state index in [4.69, 9.17) is 17.3 Å². The summed E-state index contributed by atoms with van der Waals surface area (Å²) in [5.74, 6) is 0. The molecule has 2 rings (SSSR count). The van der Waals surface area contributed by atoms with Crippen molar-refractivity contribution in [1.29, 1.82) is 0 Å². The standard InChI is InChI=1S/C12H10Br2ClN3O2S/c1-6-10(2-3-11(15)17-6)18-21(19,20)12-8(13)4-7(16)5-9(12)14/h2-5,18H,16H2,1H3. The molecule has 0 saturated heterocycles. The van der Waals surface area contributed by atoms with Gasteiger partial charge in [-0.15, -0.1) is 0 Å². The van der Waals surface area contributed by atoms with Crippen molar-refractivity contribution in [2.45, 2.75) is 11.8 Å². The van der Waals surface area contributed by atoms with Crippen molar-refractivity contribution in [3.8, 4) is 0 Å². The van der Waals surface area contributed by atoms with Crippen LogP contribution < -0.4 is 10.5 Å². The highest BCUT2D eigenvalue weighted by Gasteiger charge is 2.22. The molecule has 0 aliphatic carbocycles. The Hall–Kier alpha value is -0.830. The molecule has 0 amide bonds. The number of rotatable bonds is 3. The van der Waals surface area contributed by atoms with E-state index in [1.54, 1.807) is 13.0 Å². The summed E-state index contributed by atoms with van der Waals surface area (Å²) in [7, 11) is -3.81. The molecular weight excluding hydrogens is 445 g/mol. The number of halogens is 3. The fourth-order valence-corrected chi connectivity index (χ4v) is 5.60. The van der Waals surface area contributed by atoms with Gasteiger partial charge in [-0.1, -0.05) is 11.6 Å². The Kier molecular flexibility index (Phi) is 4.82. The van der Waals surface area contributed by atoms with Gasteiger partial charge >= 0.3 is 0 Å². The molecule has 1 aromatic carbocycles. The van der Waals surface area contributed by atoms with Crippen LogP contribution in [-0.4, -0.2) is 13.4 Å². The Morgan fingerprint density at radius 2 is 1.81 bits per heavy atom. The smallest absolute Gasteiger partial charge is 0.264 e. The van der Waals surface area contributed by atoms with Crippen LogP contribution in [0.3, 0.4) is 0 Å². The first-order valence-corrected chi connectivity index (χ1v) is 9.06. The monoisotopic (exact) mass is 453 g/mol. The maximum Gasteiger partial charge on any atom is 0.264 e. The van der Waals surface area contributed by atoms with Crippen LogP contribution in [0.4, 0.5) is 11.4 Å². The summed E-state index contributed by atoms with van der Waals surface area (Å²) < 4.78 is 28.2. The first-order valence-electron chi connectivity index (χ1n) is 5.61. The van der Waals surface area contributed by atoms with Crippen LogP contribution in [0.5, 0.6) is 0 Å². The molecule has 112 valence electrons. The predicted molar refractivity (Wildman–Crippen MR) is 91.0 cm³/mol. The van der Waals surface area contributed by atoms with E-state index in [1.165, 1.54) is 18.2 Å². The van der Waals surface area contributed by atoms with Crippen molar-refractivity contribution in [3.05, 3.63) is 44.1 Å². The third-order valence-electron chi connectivity index (χ3n) is 2.59. The van der Waals surface area contributed by atoms with Crippen molar-refractivity contribution in [2.75, 3.05) is 10.5 Å². The van der Waals surface area contributed by atoms with Crippen molar-refractivity contribution >= 4 is 64.9 Å². The molecule has 0 unspecified atom stereocenters. The second-order valence-corrected chi connectivity index (χ2v) is 7.90. The molecule has 9 heteroatoms. The molecule has 3 N–H and O–H groups in total. The molecule has 0 fully saturated rings. The van der Waals surface area contributed by atoms with Gasteiger partial charge in [-0.2, -0.15) is 0 Å². The number of aryl methyl sites for hydroxylation is 1. The molecular formula is C12H10Br2ClN3O2S. The molecule has 1 heterocycles. The number of sulfonamides is 1. The summed E-state index contributed by atoms with van der Waals surface area (Å²) in [5, 5.41) is 0.297. The van der Waals surface area contributed by atoms with Crippen LogP contribution in [-0.2, 0) is 10.0 Å². The van der Waals surface area contributed by atoms with Gasteiger partial charge in [-0.25, -0.2) is 13.4 Å². The fraction of sp³-hybridized carbons (Fsp3) is 0.0833. The number of nitrogens with one attached hydrogen (secondary N) is 1. The summed E-state index contributed by atoms with van der Waals surface area (Å²) in [4.78, 5) is 4.07. The number of pyridine rings is 1. The minimum Gasteiger partial charge on any atom is -0.399 e. The lowest BCUT2D eigenvalue weighted by atomic mass is 10.3. The molecule has 0 spiro atoms. The van der Waals surface area contributed by atoms with Crippen LogP contribution in [0, 0.1) is 6.92 Å². The molecule has 21 heavy (non-hydrogen) atoms. The summed E-state index contributed by atoms with van der Waals surface area (Å²) in [6, 6.07) is 6.11. The summed E-state index contributed by atoms with van der Waals surface area (Å²) in [6.45, 7) is 1.66. The Morgan fingerprint density at radius 1 is 1.24 bits per heavy atom. The van der Waals surface area contributed by atoms with E-state index in [0.717, 1.165) is 0 Å². The van der Waals surface area contributed by atoms with Crippen LogP contribution in [0.25, 0.3) is 0 Å². The van der Waals surface area contributed by atoms with Gasteiger partial charge in [0.05, 0.1) is 11.4 Å². The number of nitrogens with zero attached hydrogens (tertiary/aromatic N) is 1. The van der Waals surface area contributed by atoms with Crippen LogP contribution in [0.2, 0.25) is 5.15 Å². The molecule has 0 aliphatic heterocycles. The second-order valence-electron chi connectivity index (χ2n) is 4.19. The average Bonchev–Trinajstić information content (AvgIpc) is 2.30. The highest BCUT2D eigenvalue weighted by molar-refractivity contribution is 9.11. The van der Waals surface area contributed by atoms with Crippen molar-refractivity contribution in [2.24, 2.45) is 0 Å². The largest absolute Gasteiger partial charge is 0.399 e. The number of anilines is 2. The number of nitrogens with two attached hydrogens (primary N) is 1. The summed E-state index contributed by atoms with van der Waals surface area (Å²) >= 11 is 12.2. The van der Waals surface area contributed by atoms with Gasteiger partial charge in [-0.05, 0) is 63.0 Å². The van der Waals surface area contributed by atoms with Gasteiger partial charge in [-0.3, -0.25) is 4.72 Å². The fourth-order valence-electron chi connectivity index (χ4n) is 1.67. The van der Waals surface area contributed by atoms with E-state index < -0.39 is 10.0 Å². The van der Waals surface area contributed by atoms with E-state index in [1.807, 2.05) is 0 Å². The lowest BCUT2D eigenvalue weighted by molar-refractivity contribution is 0.600. The number of benzene rings is 1. The predicted octanol–water partition coefficient (Wildman–Crippen LogP) is 3.95. The highest BCUT2D eigenvalue weighted by Crippen LogP contribution is 2.33. The van der Waals surface area contributed by atoms with Crippen molar-refractivity contribution in [1.82, 2.24) is 4.98 Å². The Morgan fingerprint density at radius 3 is 2.33 bits per heavy atom. The summed E-state index contributed by atoms with van der Waals surface area (Å²) in [6.07, 6.45) is 0. The van der Waals surface area contributed by atoms with Gasteiger partial charge in [0.2, 0.25) is 0 Å². The second kappa shape index (κ2) is 6.12. The molecule has 0 aliphatic rings. The van der Waals surface area contributed by atoms with Gasteiger partial charge in [0.15, 0.2) is 0 Å². The van der Waals surface area contributed by atoms with Crippen LogP contribution in [0.1, 0.15) is 5.69 Å². The quantitative estimate of drug-likeness (QED) is 0.542. The molecule has 0 atom stereocenters. The third kappa shape index (κ3) is 3.68. The van der Waals surface area contributed by atoms with Gasteiger partial charge in [0.25, 0.3) is 10.0 Å². The van der Waals surface area contributed by atoms with E-state index >= 15 is 0 Å². The van der Waals surface area contributed by atoms with Crippen molar-refractivity contribution in [3.63, 3.8) is 0 Å². The van der Waals surface area contributed by atoms with Gasteiger partial charge in [0, 0.05) is 14.6 Å². The first-order chi connectivity index (χ1) is 9.70. The Balaban J connectivity index is 2.48. The van der Waals surface area contributed by atoms with E-state index in [-0.39, 0.29) is 4.90 Å². The van der Waals surface area contributed by atoms with Crippen LogP contribution >= 0.6 is 43.5 Å². The van der Waals surface area contributed by atoms with E-state index in [0.29, 0.717) is 31.2 Å². The minimum absolute atomic E-state index is 0.0612. The van der Waals surface area contributed by atoms with Gasteiger partial charge < -0.3 is 5.73 Å². The number of hydrogen-bond donors (Lipinski definition) is 2. The normalized spacial score (nSPS) is 11.4. The number of aromatic nitrogens is 1. The average molecular weight is 456 g/mol. The maximum atomic E-state index is 12.5. The van der Waals surface area contributed by atoms with Gasteiger partial charge in [0.1, 0.15) is 10.0 Å². The Bertz CT molecular complexity index is 789. The molecule has 2 aromatic rings. The zero-order valence-corrected chi connectivity index (χ0v) is 15.4. The SMILES string of the molecule is Cc1nc(Cl)ccc1NS(=O)(=O)c1c(Br)cc(N)cc1Br. The molecule has 0 radical (unpaired) electrons. The zero-order valence-electron chi connectivity index (χ0n) is 10.7. The molecule has 5 nitrogen and oxygen atoms in total. The summed E-state index contributed by atoms with van der Waals surface area (Å²) in [5.41, 5.74) is 6.94. The highest BCUT2D eigenvalue weighted by atomic mass is 79.9. The lowest BCUT2D eigenvalue weighted by Crippen LogP contribution is -2.15. The first kappa shape index (κ1) is 16.5. The van der Waals surface area contributed by atoms with E-state index in [2.05, 4.69) is 41.6 Å².